The third-order valence-corrected chi connectivity index (χ3v) is 2.76. The molecule has 1 aromatic heterocycles. The molecule has 0 aliphatic heterocycles. The molecule has 0 aliphatic rings. The van der Waals surface area contributed by atoms with E-state index < -0.39 is 6.09 Å². The van der Waals surface area contributed by atoms with Crippen LogP contribution in [0, 0.1) is 0 Å². The maximum atomic E-state index is 10.7. The third-order valence-electron chi connectivity index (χ3n) is 2.76. The van der Waals surface area contributed by atoms with Gasteiger partial charge in [0, 0.05) is 20.0 Å². The van der Waals surface area contributed by atoms with Gasteiger partial charge in [-0.25, -0.2) is 9.78 Å². The summed E-state index contributed by atoms with van der Waals surface area (Å²) in [6.45, 7) is 0.400. The number of fused-ring (bicyclic) bond motifs is 1. The maximum absolute atomic E-state index is 10.7. The average molecular weight is 249 g/mol. The molecule has 6 heteroatoms. The Balaban J connectivity index is 2.18. The predicted molar refractivity (Wildman–Crippen MR) is 67.0 cm³/mol. The van der Waals surface area contributed by atoms with Gasteiger partial charge in [0.25, 0.3) is 0 Å². The second-order valence-electron chi connectivity index (χ2n) is 3.99. The highest BCUT2D eigenvalue weighted by Crippen LogP contribution is 2.22. The molecule has 0 atom stereocenters. The fourth-order valence-corrected chi connectivity index (χ4v) is 1.71. The molecular formula is C12H15N3O3. The van der Waals surface area contributed by atoms with Gasteiger partial charge >= 0.3 is 6.09 Å². The number of ether oxygens (including phenoxy) is 1. The van der Waals surface area contributed by atoms with Crippen LogP contribution >= 0.6 is 0 Å². The van der Waals surface area contributed by atoms with E-state index >= 15 is 0 Å². The Morgan fingerprint density at radius 3 is 3.00 bits per heavy atom. The summed E-state index contributed by atoms with van der Waals surface area (Å²) >= 11 is 0. The molecule has 6 nitrogen and oxygen atoms in total. The number of imidazole rings is 1. The second-order valence-corrected chi connectivity index (χ2v) is 3.99. The zero-order valence-corrected chi connectivity index (χ0v) is 10.3. The van der Waals surface area contributed by atoms with Crippen molar-refractivity contribution in [3.63, 3.8) is 0 Å². The van der Waals surface area contributed by atoms with Gasteiger partial charge in [0.2, 0.25) is 0 Å². The van der Waals surface area contributed by atoms with E-state index in [1.54, 1.807) is 7.11 Å². The molecule has 0 bridgehead atoms. The first-order valence-corrected chi connectivity index (χ1v) is 5.57. The molecule has 2 N–H and O–H groups in total. The minimum absolute atomic E-state index is 0.400. The molecule has 2 aromatic rings. The zero-order valence-electron chi connectivity index (χ0n) is 10.3. The zero-order chi connectivity index (χ0) is 13.1. The number of hydrogen-bond acceptors (Lipinski definition) is 3. The standard InChI is InChI=1S/C12H15N3O3/c1-15(12(16)17)7-6-10-13-8-4-3-5-9(18-2)11(8)14-10/h3-5H,6-7H2,1-2H3,(H,13,14)(H,16,17). The summed E-state index contributed by atoms with van der Waals surface area (Å²) in [5.41, 5.74) is 1.66. The van der Waals surface area contributed by atoms with Crippen molar-refractivity contribution >= 4 is 17.1 Å². The molecule has 2 rings (SSSR count). The number of methoxy groups -OCH3 is 1. The predicted octanol–water partition coefficient (Wildman–Crippen LogP) is 1.72. The van der Waals surface area contributed by atoms with Crippen molar-refractivity contribution in [2.24, 2.45) is 0 Å². The number of H-pyrrole nitrogens is 1. The number of carbonyl (C=O) groups is 1. The van der Waals surface area contributed by atoms with Gasteiger partial charge in [0.1, 0.15) is 17.1 Å². The van der Waals surface area contributed by atoms with Gasteiger partial charge in [-0.3, -0.25) is 0 Å². The number of benzene rings is 1. The first-order valence-electron chi connectivity index (χ1n) is 5.57. The normalized spacial score (nSPS) is 10.6. The number of amides is 1. The Labute approximate surface area is 104 Å². The van der Waals surface area contributed by atoms with E-state index in [1.807, 2.05) is 18.2 Å². The van der Waals surface area contributed by atoms with E-state index in [2.05, 4.69) is 9.97 Å². The molecular weight excluding hydrogens is 234 g/mol. The second kappa shape index (κ2) is 4.95. The number of carboxylic acid groups (broad SMARTS) is 1. The van der Waals surface area contributed by atoms with E-state index in [0.29, 0.717) is 13.0 Å². The van der Waals surface area contributed by atoms with Gasteiger partial charge in [-0.2, -0.15) is 0 Å². The number of nitrogens with zero attached hydrogens (tertiary/aromatic N) is 2. The molecule has 96 valence electrons. The first kappa shape index (κ1) is 12.2. The van der Waals surface area contributed by atoms with Crippen LogP contribution in [-0.4, -0.2) is 46.8 Å². The molecule has 0 unspecified atom stereocenters. The molecule has 18 heavy (non-hydrogen) atoms. The smallest absolute Gasteiger partial charge is 0.407 e. The van der Waals surface area contributed by atoms with E-state index in [9.17, 15) is 4.79 Å². The molecule has 0 spiro atoms. The summed E-state index contributed by atoms with van der Waals surface area (Å²) in [6, 6.07) is 5.61. The number of rotatable bonds is 4. The topological polar surface area (TPSA) is 78.4 Å². The van der Waals surface area contributed by atoms with Crippen LogP contribution in [0.5, 0.6) is 5.75 Å². The van der Waals surface area contributed by atoms with Crippen molar-refractivity contribution in [3.8, 4) is 5.75 Å². The molecule has 1 amide bonds. The van der Waals surface area contributed by atoms with E-state index in [4.69, 9.17) is 9.84 Å². The molecule has 0 saturated carbocycles. The fourth-order valence-electron chi connectivity index (χ4n) is 1.71. The summed E-state index contributed by atoms with van der Waals surface area (Å²) in [7, 11) is 3.14. The molecule has 1 heterocycles. The number of aromatic nitrogens is 2. The Hall–Kier alpha value is -2.24. The number of hydrogen-bond donors (Lipinski definition) is 2. The van der Waals surface area contributed by atoms with Gasteiger partial charge in [0.15, 0.2) is 0 Å². The summed E-state index contributed by atoms with van der Waals surface area (Å²) in [5.74, 6) is 1.49. The Morgan fingerprint density at radius 2 is 2.33 bits per heavy atom. The molecule has 0 fully saturated rings. The van der Waals surface area contributed by atoms with Gasteiger partial charge in [0.05, 0.1) is 12.6 Å². The van der Waals surface area contributed by atoms with Crippen molar-refractivity contribution in [2.75, 3.05) is 20.7 Å². The lowest BCUT2D eigenvalue weighted by Crippen LogP contribution is -2.27. The molecule has 0 saturated heterocycles. The van der Waals surface area contributed by atoms with E-state index in [1.165, 1.54) is 11.9 Å². The quantitative estimate of drug-likeness (QED) is 0.864. The van der Waals surface area contributed by atoms with E-state index in [0.717, 1.165) is 22.6 Å². The lowest BCUT2D eigenvalue weighted by Gasteiger charge is -2.10. The summed E-state index contributed by atoms with van der Waals surface area (Å²) in [5, 5.41) is 8.76. The average Bonchev–Trinajstić information content (AvgIpc) is 2.78. The van der Waals surface area contributed by atoms with Crippen LogP contribution in [-0.2, 0) is 6.42 Å². The van der Waals surface area contributed by atoms with Gasteiger partial charge in [-0.05, 0) is 12.1 Å². The van der Waals surface area contributed by atoms with Gasteiger partial charge < -0.3 is 19.7 Å². The monoisotopic (exact) mass is 249 g/mol. The summed E-state index contributed by atoms with van der Waals surface area (Å²) in [6.07, 6.45) is -0.399. The lowest BCUT2D eigenvalue weighted by atomic mass is 10.3. The Kier molecular flexibility index (Phi) is 3.36. The van der Waals surface area contributed by atoms with Crippen LogP contribution in [0.15, 0.2) is 18.2 Å². The number of aromatic amines is 1. The highest BCUT2D eigenvalue weighted by molar-refractivity contribution is 5.81. The van der Waals surface area contributed by atoms with Crippen molar-refractivity contribution < 1.29 is 14.6 Å². The van der Waals surface area contributed by atoms with Crippen molar-refractivity contribution in [2.45, 2.75) is 6.42 Å². The number of nitrogens with one attached hydrogen (secondary N) is 1. The van der Waals surface area contributed by atoms with Crippen LogP contribution in [0.1, 0.15) is 5.82 Å². The van der Waals surface area contributed by atoms with Crippen molar-refractivity contribution in [3.05, 3.63) is 24.0 Å². The van der Waals surface area contributed by atoms with Crippen LogP contribution in [0.4, 0.5) is 4.79 Å². The summed E-state index contributed by atoms with van der Waals surface area (Å²) in [4.78, 5) is 19.4. The first-order chi connectivity index (χ1) is 8.61. The third kappa shape index (κ3) is 2.37. The summed E-state index contributed by atoms with van der Waals surface area (Å²) < 4.78 is 5.23. The fraction of sp³-hybridized carbons (Fsp3) is 0.333. The highest BCUT2D eigenvalue weighted by Gasteiger charge is 2.09. The van der Waals surface area contributed by atoms with Crippen LogP contribution in [0.25, 0.3) is 11.0 Å². The minimum atomic E-state index is -0.941. The van der Waals surface area contributed by atoms with Crippen LogP contribution in [0.3, 0.4) is 0 Å². The number of likely N-dealkylation sites (N-methyl/N-ethyl adjacent to an activating group) is 1. The molecule has 0 aliphatic carbocycles. The lowest BCUT2D eigenvalue weighted by molar-refractivity contribution is 0.156. The van der Waals surface area contributed by atoms with Crippen LogP contribution in [0.2, 0.25) is 0 Å². The largest absolute Gasteiger partial charge is 0.494 e. The molecule has 1 aromatic carbocycles. The Morgan fingerprint density at radius 1 is 1.56 bits per heavy atom. The van der Waals surface area contributed by atoms with Crippen molar-refractivity contribution in [1.82, 2.24) is 14.9 Å². The van der Waals surface area contributed by atoms with Crippen LogP contribution < -0.4 is 4.74 Å². The SMILES string of the molecule is COc1cccc2nc(CCN(C)C(=O)O)[nH]c12. The Bertz CT molecular complexity index is 565. The van der Waals surface area contributed by atoms with E-state index in [-0.39, 0.29) is 0 Å². The van der Waals surface area contributed by atoms with Gasteiger partial charge in [-0.1, -0.05) is 6.07 Å². The minimum Gasteiger partial charge on any atom is -0.494 e. The highest BCUT2D eigenvalue weighted by atomic mass is 16.5. The van der Waals surface area contributed by atoms with Gasteiger partial charge in [-0.15, -0.1) is 0 Å². The van der Waals surface area contributed by atoms with Crippen molar-refractivity contribution in [1.29, 1.82) is 0 Å². The number of para-hydroxylation sites is 1. The maximum Gasteiger partial charge on any atom is 0.407 e. The molecule has 0 radical (unpaired) electrons.